The van der Waals surface area contributed by atoms with Crippen molar-refractivity contribution in [3.63, 3.8) is 0 Å². The Morgan fingerprint density at radius 3 is 2.96 bits per heavy atom. The largest absolute Gasteiger partial charge is 0.389 e. The van der Waals surface area contributed by atoms with E-state index >= 15 is 0 Å². The quantitative estimate of drug-likeness (QED) is 0.711. The highest BCUT2D eigenvalue weighted by Gasteiger charge is 2.37. The number of nitrogens with two attached hydrogens (primary N) is 1. The van der Waals surface area contributed by atoms with Gasteiger partial charge in [0.25, 0.3) is 0 Å². The van der Waals surface area contributed by atoms with E-state index < -0.39 is 12.2 Å². The molecule has 1 aliphatic heterocycles. The van der Waals surface area contributed by atoms with Crippen molar-refractivity contribution in [3.05, 3.63) is 18.2 Å². The summed E-state index contributed by atoms with van der Waals surface area (Å²) in [4.78, 5) is 12.8. The molecule has 0 aliphatic carbocycles. The molecular formula is C15H21N5O2S. The van der Waals surface area contributed by atoms with E-state index in [0.29, 0.717) is 28.6 Å². The lowest BCUT2D eigenvalue weighted by Crippen LogP contribution is -2.28. The summed E-state index contributed by atoms with van der Waals surface area (Å²) in [5, 5.41) is 19.8. The monoisotopic (exact) mass is 335 g/mol. The summed E-state index contributed by atoms with van der Waals surface area (Å²) in [5.41, 5.74) is 7.01. The van der Waals surface area contributed by atoms with Crippen molar-refractivity contribution in [2.75, 3.05) is 11.5 Å². The standard InChI is InChI=1S/C15H21N5O2S/c1-2-3-4-5-6-10-19-11-13(16)17-8-18-14(11)20(10)15-12(22)9(21)7-23-15/h5-6,8-9,12,15,21-22H,2-4,7H2,1H3,(H2,16,17,18)/b6-5+/t9-,12-,15+/m0/s1. The molecule has 4 N–H and O–H groups in total. The van der Waals surface area contributed by atoms with Gasteiger partial charge >= 0.3 is 0 Å². The number of hydrogen-bond donors (Lipinski definition) is 3. The Kier molecular flexibility index (Phi) is 4.84. The van der Waals surface area contributed by atoms with Crippen molar-refractivity contribution < 1.29 is 10.2 Å². The molecule has 0 unspecified atom stereocenters. The van der Waals surface area contributed by atoms with Gasteiger partial charge in [-0.05, 0) is 12.5 Å². The third-order valence-corrected chi connectivity index (χ3v) is 5.27. The number of unbranched alkanes of at least 4 members (excludes halogenated alkanes) is 2. The van der Waals surface area contributed by atoms with Crippen LogP contribution in [0, 0.1) is 0 Å². The highest BCUT2D eigenvalue weighted by atomic mass is 32.2. The molecule has 23 heavy (non-hydrogen) atoms. The molecule has 1 saturated heterocycles. The highest BCUT2D eigenvalue weighted by Crippen LogP contribution is 2.39. The van der Waals surface area contributed by atoms with Crippen LogP contribution < -0.4 is 5.73 Å². The van der Waals surface area contributed by atoms with Crippen LogP contribution in [-0.2, 0) is 0 Å². The molecular weight excluding hydrogens is 314 g/mol. The molecule has 0 aromatic carbocycles. The molecule has 124 valence electrons. The van der Waals surface area contributed by atoms with Crippen LogP contribution in [0.4, 0.5) is 5.82 Å². The first-order valence-electron chi connectivity index (χ1n) is 7.76. The first-order chi connectivity index (χ1) is 11.1. The second-order valence-electron chi connectivity index (χ2n) is 5.60. The molecule has 0 amide bonds. The van der Waals surface area contributed by atoms with Gasteiger partial charge in [0, 0.05) is 5.75 Å². The molecule has 3 rings (SSSR count). The van der Waals surface area contributed by atoms with Crippen LogP contribution in [0.3, 0.4) is 0 Å². The van der Waals surface area contributed by atoms with E-state index in [0.717, 1.165) is 19.3 Å². The number of rotatable bonds is 5. The van der Waals surface area contributed by atoms with Crippen LogP contribution in [0.1, 0.15) is 37.4 Å². The molecule has 0 spiro atoms. The van der Waals surface area contributed by atoms with Crippen molar-refractivity contribution in [1.29, 1.82) is 0 Å². The predicted molar refractivity (Wildman–Crippen MR) is 91.8 cm³/mol. The Balaban J connectivity index is 2.05. The molecule has 3 atom stereocenters. The molecule has 1 aliphatic rings. The van der Waals surface area contributed by atoms with Crippen LogP contribution in [0.15, 0.2) is 12.4 Å². The lowest BCUT2D eigenvalue weighted by molar-refractivity contribution is 0.0313. The summed E-state index contributed by atoms with van der Waals surface area (Å²) in [5.74, 6) is 1.47. The van der Waals surface area contributed by atoms with Crippen molar-refractivity contribution in [2.45, 2.75) is 43.8 Å². The SMILES string of the molecule is CCCC/C=C/c1nc2c(N)ncnc2n1[C@@H]1SC[C@H](O)[C@@H]1O. The minimum atomic E-state index is -0.864. The van der Waals surface area contributed by atoms with Crippen LogP contribution in [0.5, 0.6) is 0 Å². The predicted octanol–water partition coefficient (Wildman–Crippen LogP) is 1.58. The van der Waals surface area contributed by atoms with Crippen molar-refractivity contribution in [3.8, 4) is 0 Å². The lowest BCUT2D eigenvalue weighted by Gasteiger charge is -2.18. The van der Waals surface area contributed by atoms with E-state index in [4.69, 9.17) is 5.73 Å². The van der Waals surface area contributed by atoms with Crippen molar-refractivity contribution in [1.82, 2.24) is 19.5 Å². The smallest absolute Gasteiger partial charge is 0.166 e. The number of aliphatic hydroxyl groups excluding tert-OH is 2. The van der Waals surface area contributed by atoms with E-state index in [2.05, 4.69) is 28.0 Å². The van der Waals surface area contributed by atoms with E-state index in [1.165, 1.54) is 18.1 Å². The Labute approximate surface area is 138 Å². The summed E-state index contributed by atoms with van der Waals surface area (Å²) < 4.78 is 1.85. The molecule has 0 bridgehead atoms. The number of nitrogen functional groups attached to an aromatic ring is 1. The summed E-state index contributed by atoms with van der Waals surface area (Å²) >= 11 is 1.48. The van der Waals surface area contributed by atoms with Gasteiger partial charge in [0.1, 0.15) is 23.6 Å². The molecule has 0 radical (unpaired) electrons. The van der Waals surface area contributed by atoms with Gasteiger partial charge in [-0.15, -0.1) is 11.8 Å². The lowest BCUT2D eigenvalue weighted by atomic mass is 10.2. The zero-order chi connectivity index (χ0) is 16.4. The zero-order valence-corrected chi connectivity index (χ0v) is 13.8. The summed E-state index contributed by atoms with van der Waals surface area (Å²) in [6.45, 7) is 2.15. The number of fused-ring (bicyclic) bond motifs is 1. The van der Waals surface area contributed by atoms with Gasteiger partial charge in [-0.2, -0.15) is 0 Å². The van der Waals surface area contributed by atoms with Crippen molar-refractivity contribution >= 4 is 34.8 Å². The van der Waals surface area contributed by atoms with Gasteiger partial charge in [-0.1, -0.05) is 25.8 Å². The van der Waals surface area contributed by atoms with Crippen LogP contribution in [-0.4, -0.2) is 47.7 Å². The minimum absolute atomic E-state index is 0.315. The van der Waals surface area contributed by atoms with Crippen LogP contribution in [0.25, 0.3) is 17.2 Å². The fraction of sp³-hybridized carbons (Fsp3) is 0.533. The number of hydrogen-bond acceptors (Lipinski definition) is 7. The highest BCUT2D eigenvalue weighted by molar-refractivity contribution is 7.99. The maximum Gasteiger partial charge on any atom is 0.166 e. The Morgan fingerprint density at radius 1 is 1.43 bits per heavy atom. The van der Waals surface area contributed by atoms with Gasteiger partial charge in [-0.3, -0.25) is 4.57 Å². The molecule has 3 heterocycles. The number of thioether (sulfide) groups is 1. The number of nitrogens with zero attached hydrogens (tertiary/aromatic N) is 4. The van der Waals surface area contributed by atoms with Gasteiger partial charge in [0.15, 0.2) is 17.0 Å². The van der Waals surface area contributed by atoms with Crippen LogP contribution in [0.2, 0.25) is 0 Å². The number of allylic oxidation sites excluding steroid dienone is 1. The van der Waals surface area contributed by atoms with Crippen molar-refractivity contribution in [2.24, 2.45) is 0 Å². The molecule has 8 heteroatoms. The van der Waals surface area contributed by atoms with Gasteiger partial charge in [0.05, 0.1) is 6.10 Å². The topological polar surface area (TPSA) is 110 Å². The number of imidazole rings is 1. The molecule has 2 aromatic rings. The average Bonchev–Trinajstić information content (AvgIpc) is 3.06. The first-order valence-corrected chi connectivity index (χ1v) is 8.81. The molecule has 7 nitrogen and oxygen atoms in total. The Hall–Kier alpha value is -1.64. The summed E-state index contributed by atoms with van der Waals surface area (Å²) in [6, 6.07) is 0. The fourth-order valence-electron chi connectivity index (χ4n) is 2.63. The number of anilines is 1. The third-order valence-electron chi connectivity index (χ3n) is 3.90. The first kappa shape index (κ1) is 16.2. The average molecular weight is 335 g/mol. The second-order valence-corrected chi connectivity index (χ2v) is 6.75. The maximum atomic E-state index is 10.3. The minimum Gasteiger partial charge on any atom is -0.389 e. The normalized spacial score (nSPS) is 24.9. The van der Waals surface area contributed by atoms with E-state index in [-0.39, 0.29) is 5.37 Å². The Morgan fingerprint density at radius 2 is 2.26 bits per heavy atom. The number of aliphatic hydroxyl groups is 2. The second kappa shape index (κ2) is 6.86. The Bertz CT molecular complexity index is 717. The van der Waals surface area contributed by atoms with E-state index in [1.807, 2.05) is 10.6 Å². The molecule has 1 fully saturated rings. The molecule has 0 saturated carbocycles. The van der Waals surface area contributed by atoms with Gasteiger partial charge in [0.2, 0.25) is 0 Å². The summed E-state index contributed by atoms with van der Waals surface area (Å²) in [6.07, 6.45) is 6.96. The fourth-order valence-corrected chi connectivity index (χ4v) is 3.96. The molecule has 2 aromatic heterocycles. The third kappa shape index (κ3) is 3.06. The van der Waals surface area contributed by atoms with Gasteiger partial charge < -0.3 is 15.9 Å². The van der Waals surface area contributed by atoms with E-state index in [1.54, 1.807) is 0 Å². The number of aromatic nitrogens is 4. The summed E-state index contributed by atoms with van der Waals surface area (Å²) in [7, 11) is 0. The van der Waals surface area contributed by atoms with Crippen LogP contribution >= 0.6 is 11.8 Å². The van der Waals surface area contributed by atoms with Gasteiger partial charge in [-0.25, -0.2) is 15.0 Å². The van der Waals surface area contributed by atoms with E-state index in [9.17, 15) is 10.2 Å². The zero-order valence-electron chi connectivity index (χ0n) is 13.0. The maximum absolute atomic E-state index is 10.3.